The first-order valence-corrected chi connectivity index (χ1v) is 8.34. The Morgan fingerprint density at radius 2 is 2.00 bits per heavy atom. The molecule has 124 valence electrons. The first kappa shape index (κ1) is 15.3. The minimum atomic E-state index is 0.0401. The van der Waals surface area contributed by atoms with Crippen LogP contribution >= 0.6 is 0 Å². The standard InChI is InChI=1S/C19H21N3O2/c1-14-6-5-9-20-16(14)10-21-11-17-18(12-21)24-13-19(23)22(17)15-7-3-2-4-8-15/h2-9,17-18H,10-13H2,1H3/t17-,18-/m0/s1. The van der Waals surface area contributed by atoms with Crippen LogP contribution < -0.4 is 4.90 Å². The molecule has 0 saturated carbocycles. The highest BCUT2D eigenvalue weighted by Gasteiger charge is 2.43. The van der Waals surface area contributed by atoms with E-state index in [1.165, 1.54) is 5.56 Å². The molecule has 1 aromatic heterocycles. The fourth-order valence-corrected chi connectivity index (χ4v) is 3.63. The number of morpholine rings is 1. The zero-order chi connectivity index (χ0) is 16.5. The number of hydrogen-bond acceptors (Lipinski definition) is 4. The summed E-state index contributed by atoms with van der Waals surface area (Å²) in [7, 11) is 0. The summed E-state index contributed by atoms with van der Waals surface area (Å²) in [4.78, 5) is 21.2. The van der Waals surface area contributed by atoms with Gasteiger partial charge < -0.3 is 9.64 Å². The Morgan fingerprint density at radius 1 is 1.17 bits per heavy atom. The molecule has 0 spiro atoms. The Morgan fingerprint density at radius 3 is 2.79 bits per heavy atom. The number of aromatic nitrogens is 1. The predicted molar refractivity (Wildman–Crippen MR) is 91.7 cm³/mol. The van der Waals surface area contributed by atoms with Crippen LogP contribution in [0, 0.1) is 6.92 Å². The molecule has 2 fully saturated rings. The second-order valence-corrected chi connectivity index (χ2v) is 6.48. The van der Waals surface area contributed by atoms with E-state index in [1.807, 2.05) is 47.5 Å². The number of ether oxygens (including phenoxy) is 1. The van der Waals surface area contributed by atoms with Crippen molar-refractivity contribution in [3.63, 3.8) is 0 Å². The molecule has 2 saturated heterocycles. The van der Waals surface area contributed by atoms with Crippen LogP contribution in [0.25, 0.3) is 0 Å². The maximum absolute atomic E-state index is 12.4. The van der Waals surface area contributed by atoms with Gasteiger partial charge in [-0.1, -0.05) is 24.3 Å². The largest absolute Gasteiger partial charge is 0.365 e. The Hall–Kier alpha value is -2.24. The lowest BCUT2D eigenvalue weighted by Gasteiger charge is -2.36. The van der Waals surface area contributed by atoms with Gasteiger partial charge in [0.2, 0.25) is 0 Å². The van der Waals surface area contributed by atoms with Gasteiger partial charge in [-0.15, -0.1) is 0 Å². The fourth-order valence-electron chi connectivity index (χ4n) is 3.63. The summed E-state index contributed by atoms with van der Waals surface area (Å²) in [6.45, 7) is 4.67. The Labute approximate surface area is 141 Å². The van der Waals surface area contributed by atoms with Gasteiger partial charge in [-0.3, -0.25) is 14.7 Å². The van der Waals surface area contributed by atoms with E-state index >= 15 is 0 Å². The number of carbonyl (C=O) groups excluding carboxylic acids is 1. The molecule has 1 aromatic carbocycles. The number of carbonyl (C=O) groups is 1. The molecule has 24 heavy (non-hydrogen) atoms. The second kappa shape index (κ2) is 6.34. The highest BCUT2D eigenvalue weighted by molar-refractivity contribution is 5.95. The van der Waals surface area contributed by atoms with Gasteiger partial charge >= 0.3 is 0 Å². The van der Waals surface area contributed by atoms with Gasteiger partial charge in [0.15, 0.2) is 0 Å². The number of nitrogens with zero attached hydrogens (tertiary/aromatic N) is 3. The molecule has 2 atom stereocenters. The van der Waals surface area contributed by atoms with Crippen molar-refractivity contribution in [2.45, 2.75) is 25.6 Å². The maximum Gasteiger partial charge on any atom is 0.253 e. The number of anilines is 1. The highest BCUT2D eigenvalue weighted by Crippen LogP contribution is 2.29. The Bertz CT molecular complexity index is 734. The molecule has 3 heterocycles. The first-order chi connectivity index (χ1) is 11.7. The second-order valence-electron chi connectivity index (χ2n) is 6.48. The normalized spacial score (nSPS) is 24.2. The van der Waals surface area contributed by atoms with Crippen molar-refractivity contribution in [3.8, 4) is 0 Å². The third-order valence-corrected chi connectivity index (χ3v) is 4.86. The quantitative estimate of drug-likeness (QED) is 0.867. The van der Waals surface area contributed by atoms with Crippen molar-refractivity contribution in [2.24, 2.45) is 0 Å². The topological polar surface area (TPSA) is 45.7 Å². The zero-order valence-electron chi connectivity index (χ0n) is 13.8. The van der Waals surface area contributed by atoms with Gasteiger partial charge in [0.25, 0.3) is 5.91 Å². The van der Waals surface area contributed by atoms with E-state index < -0.39 is 0 Å². The molecule has 0 bridgehead atoms. The third-order valence-electron chi connectivity index (χ3n) is 4.86. The van der Waals surface area contributed by atoms with E-state index in [1.54, 1.807) is 0 Å². The molecule has 5 heteroatoms. The molecule has 4 rings (SSSR count). The van der Waals surface area contributed by atoms with Gasteiger partial charge in [0, 0.05) is 31.5 Å². The van der Waals surface area contributed by atoms with Crippen molar-refractivity contribution in [3.05, 3.63) is 59.9 Å². The summed E-state index contributed by atoms with van der Waals surface area (Å²) in [6, 6.07) is 14.0. The first-order valence-electron chi connectivity index (χ1n) is 8.34. The summed E-state index contributed by atoms with van der Waals surface area (Å²) in [5.41, 5.74) is 3.25. The molecule has 0 radical (unpaired) electrons. The van der Waals surface area contributed by atoms with Crippen molar-refractivity contribution >= 4 is 11.6 Å². The lowest BCUT2D eigenvalue weighted by atomic mass is 10.1. The number of hydrogen-bond donors (Lipinski definition) is 0. The summed E-state index contributed by atoms with van der Waals surface area (Å²) >= 11 is 0. The van der Waals surface area contributed by atoms with Gasteiger partial charge in [-0.25, -0.2) is 0 Å². The van der Waals surface area contributed by atoms with E-state index in [-0.39, 0.29) is 24.7 Å². The van der Waals surface area contributed by atoms with Crippen molar-refractivity contribution in [1.29, 1.82) is 0 Å². The molecular formula is C19H21N3O2. The van der Waals surface area contributed by atoms with Gasteiger partial charge in [0.1, 0.15) is 6.61 Å². The number of rotatable bonds is 3. The maximum atomic E-state index is 12.4. The molecule has 0 aliphatic carbocycles. The fraction of sp³-hybridized carbons (Fsp3) is 0.368. The van der Waals surface area contributed by atoms with Crippen LogP contribution in [0.15, 0.2) is 48.7 Å². The number of para-hydroxylation sites is 1. The average molecular weight is 323 g/mol. The highest BCUT2D eigenvalue weighted by atomic mass is 16.5. The van der Waals surface area contributed by atoms with Gasteiger partial charge in [-0.05, 0) is 30.7 Å². The van der Waals surface area contributed by atoms with Crippen LogP contribution in [-0.2, 0) is 16.1 Å². The molecule has 0 unspecified atom stereocenters. The monoisotopic (exact) mass is 323 g/mol. The molecule has 0 N–H and O–H groups in total. The number of likely N-dealkylation sites (tertiary alicyclic amines) is 1. The van der Waals surface area contributed by atoms with Crippen LogP contribution in [0.1, 0.15) is 11.3 Å². The van der Waals surface area contributed by atoms with E-state index in [9.17, 15) is 4.79 Å². The third kappa shape index (κ3) is 2.81. The average Bonchev–Trinajstić information content (AvgIpc) is 3.00. The number of benzene rings is 1. The molecular weight excluding hydrogens is 302 g/mol. The number of fused-ring (bicyclic) bond motifs is 1. The van der Waals surface area contributed by atoms with E-state index in [0.717, 1.165) is 31.0 Å². The van der Waals surface area contributed by atoms with Crippen LogP contribution in [-0.4, -0.2) is 47.6 Å². The Balaban J connectivity index is 1.54. The van der Waals surface area contributed by atoms with Crippen LogP contribution in [0.5, 0.6) is 0 Å². The summed E-state index contributed by atoms with van der Waals surface area (Å²) < 4.78 is 5.81. The van der Waals surface area contributed by atoms with Crippen LogP contribution in [0.3, 0.4) is 0 Å². The number of aryl methyl sites for hydroxylation is 1. The summed E-state index contributed by atoms with van der Waals surface area (Å²) in [5, 5.41) is 0. The van der Waals surface area contributed by atoms with E-state index in [4.69, 9.17) is 4.74 Å². The van der Waals surface area contributed by atoms with Gasteiger partial charge in [-0.2, -0.15) is 0 Å². The smallest absolute Gasteiger partial charge is 0.253 e. The van der Waals surface area contributed by atoms with Gasteiger partial charge in [0.05, 0.1) is 17.8 Å². The molecule has 5 nitrogen and oxygen atoms in total. The number of pyridine rings is 1. The van der Waals surface area contributed by atoms with Crippen LogP contribution in [0.4, 0.5) is 5.69 Å². The predicted octanol–water partition coefficient (Wildman–Crippen LogP) is 2.01. The molecule has 1 amide bonds. The minimum Gasteiger partial charge on any atom is -0.365 e. The summed E-state index contributed by atoms with van der Waals surface area (Å²) in [6.07, 6.45) is 1.90. The van der Waals surface area contributed by atoms with Crippen molar-refractivity contribution < 1.29 is 9.53 Å². The zero-order valence-corrected chi connectivity index (χ0v) is 13.8. The Kier molecular flexibility index (Phi) is 4.04. The van der Waals surface area contributed by atoms with Crippen LogP contribution in [0.2, 0.25) is 0 Å². The minimum absolute atomic E-state index is 0.0401. The van der Waals surface area contributed by atoms with E-state index in [0.29, 0.717) is 0 Å². The number of amides is 1. The van der Waals surface area contributed by atoms with E-state index in [2.05, 4.69) is 22.9 Å². The lowest BCUT2D eigenvalue weighted by Crippen LogP contribution is -2.54. The van der Waals surface area contributed by atoms with Crippen molar-refractivity contribution in [1.82, 2.24) is 9.88 Å². The summed E-state index contributed by atoms with van der Waals surface area (Å²) in [5.74, 6) is 0.0401. The molecule has 2 aliphatic rings. The SMILES string of the molecule is Cc1cccnc1CN1C[C@@H]2OCC(=O)N(c3ccccc3)[C@H]2C1. The molecule has 2 aliphatic heterocycles. The van der Waals surface area contributed by atoms with Crippen molar-refractivity contribution in [2.75, 3.05) is 24.6 Å². The molecule has 2 aromatic rings. The lowest BCUT2D eigenvalue weighted by molar-refractivity contribution is -0.130.